The molecule has 4 aromatic carbocycles. The van der Waals surface area contributed by atoms with Crippen molar-refractivity contribution in [2.24, 2.45) is 0 Å². The molecule has 2 aliphatic rings. The van der Waals surface area contributed by atoms with E-state index in [1.807, 2.05) is 36.5 Å². The van der Waals surface area contributed by atoms with Gasteiger partial charge in [0.05, 0.1) is 11.2 Å². The van der Waals surface area contributed by atoms with Gasteiger partial charge in [-0.3, -0.25) is 15.0 Å². The molecule has 0 fully saturated rings. The molecular formula is C44H28BN7. The monoisotopic (exact) mass is 665 g/mol. The standard InChI is InChI=1S/C44H28BN7/c1-2-9-29(10-3-1)35-14-4-5-15-36(35)31-17-19-39-38(25-31)37-18-16-30-11-8-24-48-40(30)41(37)52-28-34(20-21-45(39)52)44-50-42(32-12-6-22-46-26-32)49-43(51-44)33-13-7-23-47-27-33/h1-28H. The predicted molar refractivity (Wildman–Crippen MR) is 209 cm³/mol. The second kappa shape index (κ2) is 12.4. The largest absolute Gasteiger partial charge is 0.381 e. The first kappa shape index (κ1) is 29.8. The van der Waals surface area contributed by atoms with E-state index in [0.717, 1.165) is 38.9 Å². The highest BCUT2D eigenvalue weighted by atomic mass is 15.1. The van der Waals surface area contributed by atoms with Crippen LogP contribution >= 0.6 is 0 Å². The maximum Gasteiger partial charge on any atom is 0.320 e. The van der Waals surface area contributed by atoms with E-state index in [1.165, 1.54) is 33.3 Å². The molecule has 2 aliphatic heterocycles. The molecular weight excluding hydrogens is 637 g/mol. The zero-order chi connectivity index (χ0) is 34.4. The Labute approximate surface area is 300 Å². The first-order valence-electron chi connectivity index (χ1n) is 17.2. The highest BCUT2D eigenvalue weighted by molar-refractivity contribution is 6.84. The fraction of sp³-hybridized carbons (Fsp3) is 0. The summed E-state index contributed by atoms with van der Waals surface area (Å²) in [6.45, 7) is -0.0605. The molecule has 0 unspecified atom stereocenters. The molecule has 0 saturated carbocycles. The van der Waals surface area contributed by atoms with E-state index in [-0.39, 0.29) is 6.85 Å². The van der Waals surface area contributed by atoms with Gasteiger partial charge in [0.25, 0.3) is 0 Å². The summed E-state index contributed by atoms with van der Waals surface area (Å²) in [6, 6.07) is 42.3. The van der Waals surface area contributed by atoms with Crippen LogP contribution in [0.15, 0.2) is 171 Å². The lowest BCUT2D eigenvalue weighted by Gasteiger charge is -2.37. The van der Waals surface area contributed by atoms with E-state index in [0.29, 0.717) is 17.5 Å². The van der Waals surface area contributed by atoms with Crippen molar-refractivity contribution in [3.63, 3.8) is 0 Å². The maximum absolute atomic E-state index is 4.99. The minimum absolute atomic E-state index is 0.0605. The molecule has 0 amide bonds. The van der Waals surface area contributed by atoms with Gasteiger partial charge in [0, 0.05) is 64.8 Å². The summed E-state index contributed by atoms with van der Waals surface area (Å²) in [5.74, 6) is 3.91. The second-order valence-electron chi connectivity index (χ2n) is 12.8. The van der Waals surface area contributed by atoms with E-state index in [9.17, 15) is 0 Å². The summed E-state index contributed by atoms with van der Waals surface area (Å²) >= 11 is 0. The van der Waals surface area contributed by atoms with Crippen LogP contribution in [0.1, 0.15) is 5.82 Å². The molecule has 8 aromatic rings. The maximum atomic E-state index is 4.99. The number of pyridine rings is 3. The highest BCUT2D eigenvalue weighted by Crippen LogP contribution is 2.44. The lowest BCUT2D eigenvalue weighted by atomic mass is 9.49. The van der Waals surface area contributed by atoms with Gasteiger partial charge in [0.15, 0.2) is 17.5 Å². The normalized spacial score (nSPS) is 13.0. The van der Waals surface area contributed by atoms with E-state index in [2.05, 4.69) is 124 Å². The number of benzene rings is 4. The molecule has 0 bridgehead atoms. The first-order chi connectivity index (χ1) is 25.8. The molecule has 8 heteroatoms. The first-order valence-corrected chi connectivity index (χ1v) is 17.2. The summed E-state index contributed by atoms with van der Waals surface area (Å²) < 4.78 is 0. The fourth-order valence-corrected chi connectivity index (χ4v) is 7.33. The van der Waals surface area contributed by atoms with Gasteiger partial charge < -0.3 is 4.81 Å². The molecule has 4 aromatic heterocycles. The Morgan fingerprint density at radius 3 is 1.90 bits per heavy atom. The summed E-state index contributed by atoms with van der Waals surface area (Å²) in [7, 11) is 0. The number of aromatic nitrogens is 6. The van der Waals surface area contributed by atoms with Gasteiger partial charge >= 0.3 is 6.85 Å². The zero-order valence-corrected chi connectivity index (χ0v) is 27.9. The van der Waals surface area contributed by atoms with Crippen molar-refractivity contribution in [2.45, 2.75) is 0 Å². The Kier molecular flexibility index (Phi) is 7.09. The Hall–Kier alpha value is -7.06. The van der Waals surface area contributed by atoms with Gasteiger partial charge in [-0.2, -0.15) is 0 Å². The zero-order valence-electron chi connectivity index (χ0n) is 27.9. The van der Waals surface area contributed by atoms with Gasteiger partial charge in [-0.15, -0.1) is 0 Å². The topological polar surface area (TPSA) is 80.6 Å². The molecule has 6 heterocycles. The second-order valence-corrected chi connectivity index (χ2v) is 12.8. The van der Waals surface area contributed by atoms with Gasteiger partial charge in [0.2, 0.25) is 0 Å². The number of anilines is 1. The van der Waals surface area contributed by atoms with Crippen molar-refractivity contribution in [2.75, 3.05) is 4.81 Å². The third-order valence-corrected chi connectivity index (χ3v) is 9.76. The Morgan fingerprint density at radius 2 is 1.17 bits per heavy atom. The minimum atomic E-state index is -0.0605. The Balaban J connectivity index is 1.14. The molecule has 52 heavy (non-hydrogen) atoms. The van der Waals surface area contributed by atoms with Crippen LogP contribution in [0.25, 0.3) is 72.6 Å². The lowest BCUT2D eigenvalue weighted by Crippen LogP contribution is -2.49. The smallest absolute Gasteiger partial charge is 0.320 e. The Morgan fingerprint density at radius 1 is 0.500 bits per heavy atom. The molecule has 0 N–H and O–H groups in total. The van der Waals surface area contributed by atoms with Crippen LogP contribution in [0.4, 0.5) is 5.69 Å². The van der Waals surface area contributed by atoms with Crippen LogP contribution in [0.5, 0.6) is 0 Å². The van der Waals surface area contributed by atoms with Crippen molar-refractivity contribution in [1.29, 1.82) is 0 Å². The van der Waals surface area contributed by atoms with E-state index < -0.39 is 0 Å². The number of fused-ring (bicyclic) bond motifs is 8. The number of nitrogens with zero attached hydrogens (tertiary/aromatic N) is 7. The van der Waals surface area contributed by atoms with Gasteiger partial charge in [-0.1, -0.05) is 97.0 Å². The van der Waals surface area contributed by atoms with Crippen LogP contribution in [-0.4, -0.2) is 36.8 Å². The van der Waals surface area contributed by atoms with Crippen molar-refractivity contribution in [3.8, 4) is 56.2 Å². The van der Waals surface area contributed by atoms with E-state index >= 15 is 0 Å². The van der Waals surface area contributed by atoms with Crippen LogP contribution in [-0.2, 0) is 0 Å². The van der Waals surface area contributed by atoms with Crippen LogP contribution in [0.2, 0.25) is 0 Å². The third-order valence-electron chi connectivity index (χ3n) is 9.76. The number of allylic oxidation sites excluding steroid dienone is 2. The number of hydrogen-bond donors (Lipinski definition) is 0. The number of rotatable bonds is 5. The summed E-state index contributed by atoms with van der Waals surface area (Å²) in [4.78, 5) is 30.7. The SMILES string of the molecule is C1=CC(c2nc(-c3cccnc3)nc(-c3cccnc3)n2)=CN2B1c1ccc(-c3ccccc3-c3ccccc3)cc1-c1ccc3cccnc3c12. The Bertz CT molecular complexity index is 2640. The average molecular weight is 666 g/mol. The molecule has 7 nitrogen and oxygen atoms in total. The molecule has 0 atom stereocenters. The van der Waals surface area contributed by atoms with Crippen molar-refractivity contribution in [1.82, 2.24) is 29.9 Å². The third kappa shape index (κ3) is 5.08. The molecule has 10 rings (SSSR count). The summed E-state index contributed by atoms with van der Waals surface area (Å²) in [5.41, 5.74) is 12.8. The summed E-state index contributed by atoms with van der Waals surface area (Å²) in [5, 5.41) is 1.08. The van der Waals surface area contributed by atoms with Crippen molar-refractivity contribution < 1.29 is 0 Å². The number of hydrogen-bond acceptors (Lipinski definition) is 7. The average Bonchev–Trinajstić information content (AvgIpc) is 3.24. The quantitative estimate of drug-likeness (QED) is 0.170. The van der Waals surface area contributed by atoms with Gasteiger partial charge in [-0.25, -0.2) is 15.0 Å². The summed E-state index contributed by atoms with van der Waals surface area (Å²) in [6.07, 6.45) is 13.2. The van der Waals surface area contributed by atoms with Gasteiger partial charge in [-0.05, 0) is 69.7 Å². The molecule has 0 spiro atoms. The fourth-order valence-electron chi connectivity index (χ4n) is 7.33. The van der Waals surface area contributed by atoms with E-state index in [4.69, 9.17) is 19.9 Å². The molecule has 0 radical (unpaired) electrons. The van der Waals surface area contributed by atoms with Crippen LogP contribution < -0.4 is 10.3 Å². The molecule has 0 aliphatic carbocycles. The van der Waals surface area contributed by atoms with Crippen LogP contribution in [0, 0.1) is 0 Å². The van der Waals surface area contributed by atoms with Gasteiger partial charge in [0.1, 0.15) is 0 Å². The van der Waals surface area contributed by atoms with Crippen molar-refractivity contribution in [3.05, 3.63) is 176 Å². The van der Waals surface area contributed by atoms with Crippen LogP contribution in [0.3, 0.4) is 0 Å². The lowest BCUT2D eigenvalue weighted by molar-refractivity contribution is 1.03. The van der Waals surface area contributed by atoms with Crippen molar-refractivity contribution >= 4 is 34.5 Å². The molecule has 0 saturated heterocycles. The molecule has 242 valence electrons. The minimum Gasteiger partial charge on any atom is -0.381 e. The van der Waals surface area contributed by atoms with E-state index in [1.54, 1.807) is 24.8 Å². The predicted octanol–water partition coefficient (Wildman–Crippen LogP) is 8.71. The highest BCUT2D eigenvalue weighted by Gasteiger charge is 2.36.